The zero-order chi connectivity index (χ0) is 23.8. The molecule has 5 nitrogen and oxygen atoms in total. The summed E-state index contributed by atoms with van der Waals surface area (Å²) in [7, 11) is 0. The summed E-state index contributed by atoms with van der Waals surface area (Å²) in [4.78, 5) is 12.8. The molecule has 1 rings (SSSR count). The molecule has 3 atom stereocenters. The van der Waals surface area contributed by atoms with Crippen LogP contribution in [0.15, 0.2) is 5.16 Å². The number of carbonyl (C=O) groups is 1. The molecule has 0 radical (unpaired) electrons. The first-order valence-corrected chi connectivity index (χ1v) is 13.4. The van der Waals surface area contributed by atoms with Crippen molar-refractivity contribution in [3.8, 4) is 0 Å². The van der Waals surface area contributed by atoms with Gasteiger partial charge in [0.1, 0.15) is 0 Å². The Labute approximate surface area is 197 Å². The van der Waals surface area contributed by atoms with Crippen LogP contribution in [0.4, 0.5) is 0 Å². The summed E-state index contributed by atoms with van der Waals surface area (Å²) >= 11 is 0. The van der Waals surface area contributed by atoms with Crippen LogP contribution in [-0.2, 0) is 14.3 Å². The van der Waals surface area contributed by atoms with Gasteiger partial charge >= 0.3 is 5.97 Å². The largest absolute Gasteiger partial charge is 0.435 e. The van der Waals surface area contributed by atoms with Gasteiger partial charge < -0.3 is 14.7 Å². The topological polar surface area (TPSA) is 68.1 Å². The maximum Gasteiger partial charge on any atom is 0.313 e. The van der Waals surface area contributed by atoms with Gasteiger partial charge in [-0.15, -0.1) is 0 Å². The molecule has 188 valence electrons. The molecule has 5 heteroatoms. The molecule has 32 heavy (non-hydrogen) atoms. The fourth-order valence-corrected chi connectivity index (χ4v) is 4.36. The van der Waals surface area contributed by atoms with Crippen molar-refractivity contribution in [3.05, 3.63) is 0 Å². The molecular weight excluding hydrogens is 402 g/mol. The third-order valence-electron chi connectivity index (χ3n) is 6.50. The lowest BCUT2D eigenvalue weighted by atomic mass is 9.88. The maximum absolute atomic E-state index is 12.8. The number of hydrogen-bond donors (Lipinski definition) is 1. The quantitative estimate of drug-likeness (QED) is 0.0795. The van der Waals surface area contributed by atoms with Crippen molar-refractivity contribution in [2.45, 2.75) is 150 Å². The molecule has 1 aliphatic heterocycles. The summed E-state index contributed by atoms with van der Waals surface area (Å²) < 4.78 is 11.9. The summed E-state index contributed by atoms with van der Waals surface area (Å²) in [6, 6.07) is 0. The standard InChI is InChI=1S/C27H51NO4/c1-6-8-10-12-13-14-15-16-17-19-22(28-30)21-24-23(20-18-11-9-7-2)25(29)32-26(31-24)27(3,4)5/h23-24,26,30H,6-21H2,1-5H3. The van der Waals surface area contributed by atoms with Crippen molar-refractivity contribution in [3.63, 3.8) is 0 Å². The fourth-order valence-electron chi connectivity index (χ4n) is 4.36. The number of oxime groups is 1. The van der Waals surface area contributed by atoms with Gasteiger partial charge in [-0.2, -0.15) is 0 Å². The van der Waals surface area contributed by atoms with Crippen molar-refractivity contribution in [1.82, 2.24) is 0 Å². The van der Waals surface area contributed by atoms with Crippen molar-refractivity contribution in [1.29, 1.82) is 0 Å². The second kappa shape index (κ2) is 16.5. The summed E-state index contributed by atoms with van der Waals surface area (Å²) in [6.45, 7) is 10.5. The summed E-state index contributed by atoms with van der Waals surface area (Å²) in [5.74, 6) is -0.427. The fraction of sp³-hybridized carbons (Fsp3) is 0.926. The Morgan fingerprint density at radius 3 is 1.94 bits per heavy atom. The number of esters is 1. The summed E-state index contributed by atoms with van der Waals surface area (Å²) in [6.07, 6.45) is 17.1. The zero-order valence-corrected chi connectivity index (χ0v) is 21.7. The predicted octanol–water partition coefficient (Wildman–Crippen LogP) is 8.03. The van der Waals surface area contributed by atoms with E-state index in [0.29, 0.717) is 6.42 Å². The van der Waals surface area contributed by atoms with Gasteiger partial charge in [0.2, 0.25) is 6.29 Å². The lowest BCUT2D eigenvalue weighted by Gasteiger charge is -2.40. The van der Waals surface area contributed by atoms with Gasteiger partial charge in [0.05, 0.1) is 17.7 Å². The zero-order valence-electron chi connectivity index (χ0n) is 21.7. The number of ether oxygens (including phenoxy) is 2. The van der Waals surface area contributed by atoms with Crippen LogP contribution >= 0.6 is 0 Å². The van der Waals surface area contributed by atoms with E-state index in [1.807, 2.05) is 20.8 Å². The molecule has 0 aromatic carbocycles. The molecule has 0 bridgehead atoms. The number of unbranched alkanes of at least 4 members (excludes halogenated alkanes) is 11. The van der Waals surface area contributed by atoms with E-state index in [0.717, 1.165) is 44.2 Å². The molecular formula is C27H51NO4. The minimum atomic E-state index is -0.556. The molecule has 0 amide bonds. The highest BCUT2D eigenvalue weighted by Gasteiger charge is 2.43. The highest BCUT2D eigenvalue weighted by Crippen LogP contribution is 2.35. The Balaban J connectivity index is 2.53. The second-order valence-corrected chi connectivity index (χ2v) is 10.7. The molecule has 0 aromatic rings. The van der Waals surface area contributed by atoms with Gasteiger partial charge in [-0.3, -0.25) is 4.79 Å². The first kappa shape index (κ1) is 28.9. The Bertz CT molecular complexity index is 526. The van der Waals surface area contributed by atoms with Crippen molar-refractivity contribution < 1.29 is 19.5 Å². The Kier molecular flexibility index (Phi) is 14.9. The minimum absolute atomic E-state index is 0.155. The van der Waals surface area contributed by atoms with Crippen LogP contribution in [0.1, 0.15) is 137 Å². The molecule has 0 aromatic heterocycles. The number of rotatable bonds is 17. The predicted molar refractivity (Wildman–Crippen MR) is 132 cm³/mol. The molecule has 0 saturated carbocycles. The SMILES string of the molecule is CCCCCCCCCCCC(CC1OC(C(C)(C)C)OC(=O)C1CCCCCC)=NO. The molecule has 1 N–H and O–H groups in total. The third-order valence-corrected chi connectivity index (χ3v) is 6.50. The molecule has 1 heterocycles. The van der Waals surface area contributed by atoms with E-state index in [4.69, 9.17) is 9.47 Å². The van der Waals surface area contributed by atoms with Crippen LogP contribution < -0.4 is 0 Å². The summed E-state index contributed by atoms with van der Waals surface area (Å²) in [5.41, 5.74) is 0.466. The lowest BCUT2D eigenvalue weighted by molar-refractivity contribution is -0.256. The van der Waals surface area contributed by atoms with E-state index in [1.165, 1.54) is 57.8 Å². The molecule has 3 unspecified atom stereocenters. The maximum atomic E-state index is 12.8. The van der Waals surface area contributed by atoms with Crippen molar-refractivity contribution in [2.24, 2.45) is 16.5 Å². The van der Waals surface area contributed by atoms with Gasteiger partial charge in [-0.05, 0) is 19.3 Å². The van der Waals surface area contributed by atoms with Gasteiger partial charge in [0.15, 0.2) is 0 Å². The lowest BCUT2D eigenvalue weighted by Crippen LogP contribution is -2.49. The number of hydrogen-bond acceptors (Lipinski definition) is 5. The first-order chi connectivity index (χ1) is 15.3. The van der Waals surface area contributed by atoms with Gasteiger partial charge in [0, 0.05) is 11.8 Å². The monoisotopic (exact) mass is 453 g/mol. The highest BCUT2D eigenvalue weighted by atomic mass is 16.7. The van der Waals surface area contributed by atoms with E-state index in [1.54, 1.807) is 0 Å². The van der Waals surface area contributed by atoms with Crippen LogP contribution in [0, 0.1) is 11.3 Å². The Hall–Kier alpha value is -1.10. The molecule has 1 saturated heterocycles. The first-order valence-electron chi connectivity index (χ1n) is 13.4. The van der Waals surface area contributed by atoms with E-state index in [2.05, 4.69) is 19.0 Å². The van der Waals surface area contributed by atoms with E-state index in [9.17, 15) is 10.0 Å². The smallest absolute Gasteiger partial charge is 0.313 e. The molecule has 1 fully saturated rings. The number of carbonyl (C=O) groups excluding carboxylic acids is 1. The summed E-state index contributed by atoms with van der Waals surface area (Å²) in [5, 5.41) is 13.2. The Morgan fingerprint density at radius 1 is 0.875 bits per heavy atom. The minimum Gasteiger partial charge on any atom is -0.435 e. The average Bonchev–Trinajstić information content (AvgIpc) is 2.75. The van der Waals surface area contributed by atoms with Crippen LogP contribution in [-0.4, -0.2) is 29.3 Å². The van der Waals surface area contributed by atoms with Crippen molar-refractivity contribution in [2.75, 3.05) is 0 Å². The van der Waals surface area contributed by atoms with E-state index < -0.39 is 6.29 Å². The highest BCUT2D eigenvalue weighted by molar-refractivity contribution is 5.85. The van der Waals surface area contributed by atoms with Crippen LogP contribution in [0.25, 0.3) is 0 Å². The van der Waals surface area contributed by atoms with Gasteiger partial charge in [-0.1, -0.05) is 117 Å². The molecule has 0 spiro atoms. The normalized spacial score (nSPS) is 22.2. The van der Waals surface area contributed by atoms with E-state index in [-0.39, 0.29) is 23.4 Å². The van der Waals surface area contributed by atoms with Gasteiger partial charge in [0.25, 0.3) is 0 Å². The molecule has 0 aliphatic carbocycles. The number of nitrogens with zero attached hydrogens (tertiary/aromatic N) is 1. The Morgan fingerprint density at radius 2 is 1.41 bits per heavy atom. The molecule has 1 aliphatic rings. The van der Waals surface area contributed by atoms with Crippen LogP contribution in [0.3, 0.4) is 0 Å². The van der Waals surface area contributed by atoms with Crippen LogP contribution in [0.2, 0.25) is 0 Å². The van der Waals surface area contributed by atoms with Crippen LogP contribution in [0.5, 0.6) is 0 Å². The second-order valence-electron chi connectivity index (χ2n) is 10.7. The van der Waals surface area contributed by atoms with E-state index >= 15 is 0 Å². The number of cyclic esters (lactones) is 1. The average molecular weight is 454 g/mol. The van der Waals surface area contributed by atoms with Gasteiger partial charge in [-0.25, -0.2) is 0 Å². The third kappa shape index (κ3) is 11.7. The van der Waals surface area contributed by atoms with Crippen molar-refractivity contribution >= 4 is 11.7 Å².